The molecular formula is C12H13FO2. The minimum atomic E-state index is -0.406. The van der Waals surface area contributed by atoms with Gasteiger partial charge in [0.1, 0.15) is 5.82 Å². The van der Waals surface area contributed by atoms with Crippen molar-refractivity contribution in [3.05, 3.63) is 41.2 Å². The summed E-state index contributed by atoms with van der Waals surface area (Å²) in [6.45, 7) is 3.59. The zero-order chi connectivity index (χ0) is 11.4. The molecule has 0 atom stereocenters. The molecule has 3 heteroatoms. The van der Waals surface area contributed by atoms with Crippen LogP contribution in [-0.4, -0.2) is 13.1 Å². The first-order valence-electron chi connectivity index (χ1n) is 4.57. The van der Waals surface area contributed by atoms with E-state index in [0.29, 0.717) is 0 Å². The van der Waals surface area contributed by atoms with E-state index < -0.39 is 5.97 Å². The standard InChI is InChI=1S/C12H13FO2/c1-8-6-10(13)4-5-11(8)9(2)7-12(14)15-3/h4-7H,1-3H3/b9-7-. The maximum Gasteiger partial charge on any atom is 0.330 e. The van der Waals surface area contributed by atoms with Gasteiger partial charge in [0.05, 0.1) is 7.11 Å². The SMILES string of the molecule is COC(=O)/C=C(/C)c1ccc(F)cc1C. The zero-order valence-electron chi connectivity index (χ0n) is 9.00. The van der Waals surface area contributed by atoms with Crippen LogP contribution in [0.5, 0.6) is 0 Å². The minimum Gasteiger partial charge on any atom is -0.466 e. The lowest BCUT2D eigenvalue weighted by Gasteiger charge is -2.05. The topological polar surface area (TPSA) is 26.3 Å². The summed E-state index contributed by atoms with van der Waals surface area (Å²) in [7, 11) is 1.32. The lowest BCUT2D eigenvalue weighted by Crippen LogP contribution is -1.96. The van der Waals surface area contributed by atoms with Crippen molar-refractivity contribution in [2.24, 2.45) is 0 Å². The van der Waals surface area contributed by atoms with Gasteiger partial charge in [-0.3, -0.25) is 0 Å². The van der Waals surface area contributed by atoms with Gasteiger partial charge in [0.25, 0.3) is 0 Å². The number of halogens is 1. The molecule has 1 rings (SSSR count). The number of ether oxygens (including phenoxy) is 1. The molecule has 0 aliphatic rings. The maximum absolute atomic E-state index is 12.8. The molecule has 15 heavy (non-hydrogen) atoms. The molecule has 0 aliphatic carbocycles. The van der Waals surface area contributed by atoms with Crippen LogP contribution < -0.4 is 0 Å². The van der Waals surface area contributed by atoms with Crippen molar-refractivity contribution in [2.45, 2.75) is 13.8 Å². The highest BCUT2D eigenvalue weighted by Crippen LogP contribution is 2.19. The Bertz CT molecular complexity index is 408. The van der Waals surface area contributed by atoms with E-state index in [1.54, 1.807) is 19.9 Å². The fraction of sp³-hybridized carbons (Fsp3) is 0.250. The number of allylic oxidation sites excluding steroid dienone is 1. The summed E-state index contributed by atoms with van der Waals surface area (Å²) in [6, 6.07) is 4.46. The van der Waals surface area contributed by atoms with Gasteiger partial charge in [-0.15, -0.1) is 0 Å². The Morgan fingerprint density at radius 3 is 2.67 bits per heavy atom. The number of carbonyl (C=O) groups excluding carboxylic acids is 1. The van der Waals surface area contributed by atoms with E-state index in [-0.39, 0.29) is 5.82 Å². The molecule has 0 N–H and O–H groups in total. The molecule has 0 aromatic heterocycles. The van der Waals surface area contributed by atoms with Gasteiger partial charge in [-0.1, -0.05) is 6.07 Å². The highest BCUT2D eigenvalue weighted by atomic mass is 19.1. The molecule has 0 saturated heterocycles. The molecular weight excluding hydrogens is 195 g/mol. The average Bonchev–Trinajstić information content (AvgIpc) is 2.17. The normalized spacial score (nSPS) is 11.3. The Balaban J connectivity index is 3.06. The van der Waals surface area contributed by atoms with Crippen LogP contribution in [0.25, 0.3) is 5.57 Å². The van der Waals surface area contributed by atoms with Crippen LogP contribution in [-0.2, 0) is 9.53 Å². The average molecular weight is 208 g/mol. The Kier molecular flexibility index (Phi) is 3.61. The van der Waals surface area contributed by atoms with E-state index in [1.807, 2.05) is 0 Å². The summed E-state index contributed by atoms with van der Waals surface area (Å²) in [6.07, 6.45) is 1.39. The van der Waals surface area contributed by atoms with Gasteiger partial charge in [-0.05, 0) is 42.7 Å². The van der Waals surface area contributed by atoms with Gasteiger partial charge in [-0.2, -0.15) is 0 Å². The molecule has 2 nitrogen and oxygen atoms in total. The van der Waals surface area contributed by atoms with Crippen molar-refractivity contribution in [3.8, 4) is 0 Å². The highest BCUT2D eigenvalue weighted by Gasteiger charge is 2.04. The van der Waals surface area contributed by atoms with Crippen LogP contribution in [0.15, 0.2) is 24.3 Å². The Hall–Kier alpha value is -1.64. The predicted octanol–water partition coefficient (Wildman–Crippen LogP) is 2.71. The van der Waals surface area contributed by atoms with Gasteiger partial charge in [0.15, 0.2) is 0 Å². The summed E-state index contributed by atoms with van der Waals surface area (Å²) in [5.74, 6) is -0.682. The molecule has 0 radical (unpaired) electrons. The molecule has 0 bridgehead atoms. The van der Waals surface area contributed by atoms with Gasteiger partial charge < -0.3 is 4.74 Å². The first-order valence-corrected chi connectivity index (χ1v) is 4.57. The number of hydrogen-bond acceptors (Lipinski definition) is 2. The second-order valence-corrected chi connectivity index (χ2v) is 3.31. The summed E-state index contributed by atoms with van der Waals surface area (Å²) < 4.78 is 17.3. The molecule has 0 aliphatic heterocycles. The quantitative estimate of drug-likeness (QED) is 0.551. The van der Waals surface area contributed by atoms with Crippen LogP contribution >= 0.6 is 0 Å². The van der Waals surface area contributed by atoms with Crippen LogP contribution in [0, 0.1) is 12.7 Å². The molecule has 0 fully saturated rings. The highest BCUT2D eigenvalue weighted by molar-refractivity contribution is 5.91. The number of rotatable bonds is 2. The number of benzene rings is 1. The largest absolute Gasteiger partial charge is 0.466 e. The first-order chi connectivity index (χ1) is 7.04. The van der Waals surface area contributed by atoms with Crippen molar-refractivity contribution in [1.82, 2.24) is 0 Å². The molecule has 1 aromatic rings. The number of methoxy groups -OCH3 is 1. The Labute approximate surface area is 88.4 Å². The summed E-state index contributed by atoms with van der Waals surface area (Å²) in [5, 5.41) is 0. The fourth-order valence-electron chi connectivity index (χ4n) is 1.38. The lowest BCUT2D eigenvalue weighted by molar-refractivity contribution is -0.134. The number of esters is 1. The molecule has 0 amide bonds. The molecule has 0 saturated carbocycles. The van der Waals surface area contributed by atoms with E-state index in [4.69, 9.17) is 0 Å². The molecule has 1 aromatic carbocycles. The van der Waals surface area contributed by atoms with Crippen LogP contribution in [0.4, 0.5) is 4.39 Å². The monoisotopic (exact) mass is 208 g/mol. The minimum absolute atomic E-state index is 0.276. The Morgan fingerprint density at radius 1 is 1.47 bits per heavy atom. The van der Waals surface area contributed by atoms with Crippen LogP contribution in [0.3, 0.4) is 0 Å². The van der Waals surface area contributed by atoms with E-state index in [9.17, 15) is 9.18 Å². The smallest absolute Gasteiger partial charge is 0.330 e. The second-order valence-electron chi connectivity index (χ2n) is 3.31. The van der Waals surface area contributed by atoms with Crippen LogP contribution in [0.2, 0.25) is 0 Å². The van der Waals surface area contributed by atoms with Gasteiger partial charge in [0.2, 0.25) is 0 Å². The summed E-state index contributed by atoms with van der Waals surface area (Å²) in [5.41, 5.74) is 2.41. The van der Waals surface area contributed by atoms with Crippen molar-refractivity contribution >= 4 is 11.5 Å². The second kappa shape index (κ2) is 4.73. The third-order valence-electron chi connectivity index (χ3n) is 2.15. The van der Waals surface area contributed by atoms with Crippen molar-refractivity contribution in [3.63, 3.8) is 0 Å². The number of aryl methyl sites for hydroxylation is 1. The van der Waals surface area contributed by atoms with Crippen LogP contribution in [0.1, 0.15) is 18.1 Å². The first kappa shape index (κ1) is 11.4. The third-order valence-corrected chi connectivity index (χ3v) is 2.15. The van der Waals surface area contributed by atoms with E-state index in [2.05, 4.69) is 4.74 Å². The molecule has 80 valence electrons. The lowest BCUT2D eigenvalue weighted by atomic mass is 10.0. The van der Waals surface area contributed by atoms with Gasteiger partial charge in [-0.25, -0.2) is 9.18 Å². The van der Waals surface area contributed by atoms with Crippen molar-refractivity contribution in [2.75, 3.05) is 7.11 Å². The van der Waals surface area contributed by atoms with Gasteiger partial charge >= 0.3 is 5.97 Å². The zero-order valence-corrected chi connectivity index (χ0v) is 9.00. The third kappa shape index (κ3) is 2.91. The van der Waals surface area contributed by atoms with Crippen molar-refractivity contribution < 1.29 is 13.9 Å². The van der Waals surface area contributed by atoms with Crippen molar-refractivity contribution in [1.29, 1.82) is 0 Å². The maximum atomic E-state index is 12.8. The molecule has 0 unspecified atom stereocenters. The fourth-order valence-corrected chi connectivity index (χ4v) is 1.38. The number of carbonyl (C=O) groups is 1. The molecule has 0 heterocycles. The van der Waals surface area contributed by atoms with E-state index >= 15 is 0 Å². The Morgan fingerprint density at radius 2 is 2.13 bits per heavy atom. The summed E-state index contributed by atoms with van der Waals surface area (Å²) >= 11 is 0. The van der Waals surface area contributed by atoms with E-state index in [1.165, 1.54) is 25.3 Å². The van der Waals surface area contributed by atoms with Gasteiger partial charge in [0, 0.05) is 6.08 Å². The number of hydrogen-bond donors (Lipinski definition) is 0. The summed E-state index contributed by atoms with van der Waals surface area (Å²) in [4.78, 5) is 11.0. The molecule has 0 spiro atoms. The predicted molar refractivity (Wildman–Crippen MR) is 56.8 cm³/mol. The van der Waals surface area contributed by atoms with E-state index in [0.717, 1.165) is 16.7 Å².